The van der Waals surface area contributed by atoms with Gasteiger partial charge in [-0.3, -0.25) is 9.88 Å². The largest absolute Gasteiger partial charge is 0.497 e. The van der Waals surface area contributed by atoms with Gasteiger partial charge in [-0.15, -0.1) is 6.58 Å². The first-order valence-electron chi connectivity index (χ1n) is 17.6. The van der Waals surface area contributed by atoms with Crippen molar-refractivity contribution in [1.29, 1.82) is 0 Å². The lowest BCUT2D eigenvalue weighted by molar-refractivity contribution is 0.00426. The van der Waals surface area contributed by atoms with Crippen molar-refractivity contribution >= 4 is 61.5 Å². The number of sulfonamides is 1. The van der Waals surface area contributed by atoms with Crippen molar-refractivity contribution in [3.8, 4) is 5.75 Å². The molecule has 274 valence electrons. The first-order chi connectivity index (χ1) is 25.7. The van der Waals surface area contributed by atoms with E-state index in [9.17, 15) is 8.42 Å². The molecule has 0 saturated carbocycles. The zero-order valence-corrected chi connectivity index (χ0v) is 32.3. The molecule has 4 aromatic carbocycles. The van der Waals surface area contributed by atoms with Gasteiger partial charge in [0.05, 0.1) is 40.8 Å². The molecule has 12 heteroatoms. The number of nitrogens with one attached hydrogen (secondary N) is 3. The van der Waals surface area contributed by atoms with E-state index >= 15 is 0 Å². The van der Waals surface area contributed by atoms with Gasteiger partial charge in [0.25, 0.3) is 0 Å². The summed E-state index contributed by atoms with van der Waals surface area (Å²) in [5.74, 6) is 1.69. The number of fused-ring (bicyclic) bond motifs is 4. The fraction of sp³-hybridized carbons (Fsp3) is 0.268. The average molecular weight is 787 g/mol. The fourth-order valence-corrected chi connectivity index (χ4v) is 10.6. The topological polar surface area (TPSA) is 95.6 Å². The molecule has 3 aliphatic rings. The number of thiocarbonyl (C=S) groups is 1. The Kier molecular flexibility index (Phi) is 11.4. The molecule has 0 radical (unpaired) electrons. The van der Waals surface area contributed by atoms with Gasteiger partial charge in [0.15, 0.2) is 5.11 Å². The molecule has 3 saturated heterocycles. The van der Waals surface area contributed by atoms with E-state index in [1.807, 2.05) is 85.1 Å². The number of halogens is 2. The Morgan fingerprint density at radius 2 is 1.62 bits per heavy atom. The highest BCUT2D eigenvalue weighted by Gasteiger charge is 2.43. The summed E-state index contributed by atoms with van der Waals surface area (Å²) in [6, 6.07) is 30.1. The third kappa shape index (κ3) is 7.94. The molecule has 0 spiro atoms. The highest BCUT2D eigenvalue weighted by molar-refractivity contribution is 7.89. The Bertz CT molecular complexity index is 2190. The molecule has 3 N–H and O–H groups in total. The van der Waals surface area contributed by atoms with Gasteiger partial charge in [-0.05, 0) is 96.5 Å². The molecule has 3 aliphatic heterocycles. The number of rotatable bonds is 12. The van der Waals surface area contributed by atoms with Crippen molar-refractivity contribution < 1.29 is 13.2 Å². The monoisotopic (exact) mass is 785 g/mol. The number of hydrogen-bond acceptors (Lipinski definition) is 6. The molecule has 8 nitrogen and oxygen atoms in total. The van der Waals surface area contributed by atoms with Crippen LogP contribution in [0.4, 0.5) is 0 Å². The van der Waals surface area contributed by atoms with Gasteiger partial charge < -0.3 is 15.4 Å². The number of nitrogens with zero attached hydrogens (tertiary/aromatic N) is 2. The molecule has 8 rings (SSSR count). The van der Waals surface area contributed by atoms with E-state index in [1.54, 1.807) is 13.2 Å². The maximum Gasteiger partial charge on any atom is 0.244 e. The van der Waals surface area contributed by atoms with Crippen LogP contribution < -0.4 is 20.1 Å². The molecule has 7 atom stereocenters. The van der Waals surface area contributed by atoms with E-state index in [2.05, 4.69) is 44.0 Å². The Morgan fingerprint density at radius 1 is 0.943 bits per heavy atom. The normalized spacial score (nSPS) is 21.3. The molecule has 4 heterocycles. The molecule has 0 amide bonds. The van der Waals surface area contributed by atoms with Crippen LogP contribution in [-0.4, -0.2) is 49.7 Å². The fourth-order valence-electron chi connectivity index (χ4n) is 7.95. The van der Waals surface area contributed by atoms with Gasteiger partial charge >= 0.3 is 0 Å². The van der Waals surface area contributed by atoms with Gasteiger partial charge in [0.1, 0.15) is 10.6 Å². The van der Waals surface area contributed by atoms with Crippen LogP contribution in [0.25, 0.3) is 10.9 Å². The summed E-state index contributed by atoms with van der Waals surface area (Å²) < 4.78 is 36.9. The van der Waals surface area contributed by atoms with Crippen LogP contribution in [0.15, 0.2) is 127 Å². The van der Waals surface area contributed by atoms with Gasteiger partial charge in [-0.2, -0.15) is 0 Å². The smallest absolute Gasteiger partial charge is 0.244 e. The Morgan fingerprint density at radius 3 is 2.25 bits per heavy atom. The number of ether oxygens (including phenoxy) is 1. The third-order valence-electron chi connectivity index (χ3n) is 10.5. The predicted octanol–water partition coefficient (Wildman–Crippen LogP) is 8.41. The van der Waals surface area contributed by atoms with Gasteiger partial charge in [0, 0.05) is 24.2 Å². The van der Waals surface area contributed by atoms with E-state index in [1.165, 1.54) is 12.1 Å². The maximum absolute atomic E-state index is 14.2. The van der Waals surface area contributed by atoms with Crippen molar-refractivity contribution in [2.75, 3.05) is 20.2 Å². The van der Waals surface area contributed by atoms with Crippen LogP contribution >= 0.6 is 35.4 Å². The van der Waals surface area contributed by atoms with E-state index in [0.717, 1.165) is 59.3 Å². The van der Waals surface area contributed by atoms with Crippen molar-refractivity contribution in [2.24, 2.45) is 11.8 Å². The van der Waals surface area contributed by atoms with E-state index in [4.69, 9.17) is 40.2 Å². The van der Waals surface area contributed by atoms with E-state index in [0.29, 0.717) is 16.9 Å². The van der Waals surface area contributed by atoms with Crippen LogP contribution in [0.2, 0.25) is 10.0 Å². The van der Waals surface area contributed by atoms with E-state index in [-0.39, 0.29) is 27.0 Å². The van der Waals surface area contributed by atoms with Gasteiger partial charge in [-0.25, -0.2) is 13.1 Å². The Balaban J connectivity index is 1.28. The molecule has 0 aliphatic carbocycles. The second-order valence-electron chi connectivity index (χ2n) is 13.6. The summed E-state index contributed by atoms with van der Waals surface area (Å²) in [6.45, 7) is 6.05. The molecule has 5 aromatic rings. The van der Waals surface area contributed by atoms with Crippen LogP contribution in [0.5, 0.6) is 5.75 Å². The van der Waals surface area contributed by atoms with Gasteiger partial charge in [-0.1, -0.05) is 96.0 Å². The molecule has 3 fully saturated rings. The minimum absolute atomic E-state index is 0.0257. The molecule has 1 aromatic heterocycles. The van der Waals surface area contributed by atoms with Crippen molar-refractivity contribution in [3.63, 3.8) is 0 Å². The summed E-state index contributed by atoms with van der Waals surface area (Å²) in [7, 11) is -2.58. The van der Waals surface area contributed by atoms with Gasteiger partial charge in [0.2, 0.25) is 10.0 Å². The predicted molar refractivity (Wildman–Crippen MR) is 217 cm³/mol. The third-order valence-corrected chi connectivity index (χ3v) is 13.2. The Labute approximate surface area is 326 Å². The van der Waals surface area contributed by atoms with Crippen LogP contribution in [0.3, 0.4) is 0 Å². The van der Waals surface area contributed by atoms with Crippen molar-refractivity contribution in [3.05, 3.63) is 149 Å². The van der Waals surface area contributed by atoms with Crippen LogP contribution in [-0.2, 0) is 10.0 Å². The second kappa shape index (κ2) is 16.1. The van der Waals surface area contributed by atoms with Crippen LogP contribution in [0, 0.1) is 11.8 Å². The average Bonchev–Trinajstić information content (AvgIpc) is 3.18. The molecular weight excluding hydrogens is 746 g/mol. The zero-order valence-electron chi connectivity index (χ0n) is 29.2. The number of hydrogen-bond donors (Lipinski definition) is 3. The number of piperidine rings is 3. The lowest BCUT2D eigenvalue weighted by Crippen LogP contribution is -2.58. The first-order valence-corrected chi connectivity index (χ1v) is 20.2. The number of benzene rings is 4. The number of pyridine rings is 1. The second-order valence-corrected chi connectivity index (χ2v) is 16.4. The Hall–Kier alpha value is -4.03. The molecular formula is C41H41Cl2N5O3S2. The van der Waals surface area contributed by atoms with Crippen molar-refractivity contribution in [1.82, 2.24) is 25.2 Å². The number of aromatic nitrogens is 1. The lowest BCUT2D eigenvalue weighted by atomic mass is 9.73. The minimum Gasteiger partial charge on any atom is -0.497 e. The highest BCUT2D eigenvalue weighted by atomic mass is 35.5. The zero-order chi connectivity index (χ0) is 37.1. The number of methoxy groups -OCH3 is 1. The molecule has 2 bridgehead atoms. The SMILES string of the molecule is C=C[C@H]1CN2CC[C@H]1C[C@H]2[C@@H](NC(=S)N[C@@H](c1ccccc1)[C@@H](NS(=O)(=O)c1c(Cl)cccc1Cl)c1ccccc1)c1ccnc2ccc(OC)cc12. The van der Waals surface area contributed by atoms with Crippen LogP contribution in [0.1, 0.15) is 47.7 Å². The molecule has 53 heavy (non-hydrogen) atoms. The standard InChI is InChI=1S/C41H41Cl2N5O3S2/c1-3-26-25-48-22-20-29(26)23-36(48)39(31-19-21-44-35-18-17-30(51-2)24-32(31)35)46-41(52)45-37(27-11-6-4-7-12-27)38(28-13-8-5-9-14-28)47-53(49,50)40-33(42)15-10-16-34(40)43/h3-19,21,24,26,29,36-39,47H,1,20,22-23,25H2,2H3,(H2,45,46,52)/t26-,29-,36-,37-,38-,39-/m0/s1. The van der Waals surface area contributed by atoms with Crippen molar-refractivity contribution in [2.45, 2.75) is 41.9 Å². The van der Waals surface area contributed by atoms with E-state index < -0.39 is 22.1 Å². The summed E-state index contributed by atoms with van der Waals surface area (Å²) >= 11 is 19.1. The maximum atomic E-state index is 14.2. The summed E-state index contributed by atoms with van der Waals surface area (Å²) in [4.78, 5) is 7.03. The first kappa shape index (κ1) is 37.3. The quantitative estimate of drug-likeness (QED) is 0.0858. The summed E-state index contributed by atoms with van der Waals surface area (Å²) in [5, 5.41) is 8.69. The minimum atomic E-state index is -4.24. The highest BCUT2D eigenvalue weighted by Crippen LogP contribution is 2.43. The summed E-state index contributed by atoms with van der Waals surface area (Å²) in [5.41, 5.74) is 3.45. The lowest BCUT2D eigenvalue weighted by Gasteiger charge is -2.52. The molecule has 1 unspecified atom stereocenters. The summed E-state index contributed by atoms with van der Waals surface area (Å²) in [6.07, 6.45) is 6.03.